The number of H-pyrrole nitrogens is 1. The normalized spacial score (nSPS) is 11.7. The number of para-hydroxylation sites is 1. The van der Waals surface area contributed by atoms with Crippen LogP contribution in [0.25, 0.3) is 33.2 Å². The van der Waals surface area contributed by atoms with Crippen LogP contribution in [0.2, 0.25) is 5.02 Å². The number of hydrogen-bond acceptors (Lipinski definition) is 6. The van der Waals surface area contributed by atoms with Crippen molar-refractivity contribution < 1.29 is 33.3 Å². The van der Waals surface area contributed by atoms with Crippen LogP contribution in [-0.4, -0.2) is 26.3 Å². The van der Waals surface area contributed by atoms with E-state index in [1.165, 1.54) is 42.5 Å². The van der Waals surface area contributed by atoms with Crippen molar-refractivity contribution in [1.82, 2.24) is 4.98 Å². The number of aromatic amines is 1. The zero-order chi connectivity index (χ0) is 29.5. The molecule has 1 aromatic heterocycles. The lowest BCUT2D eigenvalue weighted by Crippen LogP contribution is -2.06. The van der Waals surface area contributed by atoms with E-state index in [2.05, 4.69) is 15.2 Å². The number of rotatable bonds is 5. The summed E-state index contributed by atoms with van der Waals surface area (Å²) in [6, 6.07) is 18.5. The molecule has 0 aliphatic heterocycles. The van der Waals surface area contributed by atoms with E-state index < -0.39 is 28.6 Å². The van der Waals surface area contributed by atoms with E-state index in [0.717, 1.165) is 12.1 Å². The van der Waals surface area contributed by atoms with E-state index in [4.69, 9.17) is 11.6 Å². The highest BCUT2D eigenvalue weighted by Gasteiger charge is 2.34. The van der Waals surface area contributed by atoms with Gasteiger partial charge >= 0.3 is 12.1 Å². The van der Waals surface area contributed by atoms with E-state index in [1.54, 1.807) is 18.2 Å². The van der Waals surface area contributed by atoms with Crippen LogP contribution in [0.4, 0.5) is 24.5 Å². The zero-order valence-corrected chi connectivity index (χ0v) is 21.3. The van der Waals surface area contributed by atoms with Crippen molar-refractivity contribution in [3.05, 3.63) is 94.5 Å². The molecular formula is C29H16ClF3N4O4. The second-order valence-electron chi connectivity index (χ2n) is 8.80. The maximum absolute atomic E-state index is 13.5. The van der Waals surface area contributed by atoms with Crippen molar-refractivity contribution in [2.24, 2.45) is 10.2 Å². The van der Waals surface area contributed by atoms with Gasteiger partial charge in [-0.1, -0.05) is 41.9 Å². The lowest BCUT2D eigenvalue weighted by molar-refractivity contribution is -0.137. The van der Waals surface area contributed by atoms with Crippen molar-refractivity contribution in [2.75, 3.05) is 0 Å². The third kappa shape index (κ3) is 5.04. The fourth-order valence-electron chi connectivity index (χ4n) is 4.40. The molecule has 0 amide bonds. The Morgan fingerprint density at radius 3 is 2.41 bits per heavy atom. The molecule has 8 nitrogen and oxygen atoms in total. The minimum Gasteiger partial charge on any atom is -0.505 e. The number of phenolic OH excluding ortho intramolecular Hbond substituents is 1. The number of hydrogen-bond donors (Lipinski definition) is 4. The van der Waals surface area contributed by atoms with Gasteiger partial charge in [0, 0.05) is 16.5 Å². The van der Waals surface area contributed by atoms with E-state index in [1.807, 2.05) is 6.07 Å². The molecule has 0 radical (unpaired) electrons. The predicted octanol–water partition coefficient (Wildman–Crippen LogP) is 8.57. The highest BCUT2D eigenvalue weighted by molar-refractivity contribution is 6.31. The van der Waals surface area contributed by atoms with Gasteiger partial charge in [0.25, 0.3) is 0 Å². The molecular weight excluding hydrogens is 561 g/mol. The van der Waals surface area contributed by atoms with Gasteiger partial charge in [-0.25, -0.2) is 4.79 Å². The van der Waals surface area contributed by atoms with Gasteiger partial charge in [0.2, 0.25) is 5.88 Å². The van der Waals surface area contributed by atoms with Gasteiger partial charge in [0.1, 0.15) is 5.69 Å². The monoisotopic (exact) mass is 576 g/mol. The Morgan fingerprint density at radius 1 is 0.951 bits per heavy atom. The largest absolute Gasteiger partial charge is 0.505 e. The van der Waals surface area contributed by atoms with Gasteiger partial charge in [0.15, 0.2) is 11.4 Å². The molecule has 0 bridgehead atoms. The molecule has 0 aliphatic carbocycles. The quantitative estimate of drug-likeness (QED) is 0.155. The molecule has 41 heavy (non-hydrogen) atoms. The lowest BCUT2D eigenvalue weighted by Gasteiger charge is -2.12. The summed E-state index contributed by atoms with van der Waals surface area (Å²) in [5.41, 5.74) is -0.158. The number of nitrogens with one attached hydrogen (secondary N) is 1. The standard InChI is InChI=1S/C29H16ClF3N4O4/c30-21-10-8-15(12-20(21)29(31,32)33)23-17(13-34)7-9-19-24(23)35-27(39)25(19)37-36-22-6-2-5-18(26(22)38)14-3-1-4-16(11-14)28(40)41/h1-12,35,38-39H,(H,40,41). The molecule has 0 aliphatic rings. The smallest absolute Gasteiger partial charge is 0.417 e. The molecule has 0 fully saturated rings. The second-order valence-corrected chi connectivity index (χ2v) is 9.20. The van der Waals surface area contributed by atoms with Crippen LogP contribution >= 0.6 is 11.6 Å². The summed E-state index contributed by atoms with van der Waals surface area (Å²) < 4.78 is 40.6. The molecule has 204 valence electrons. The number of alkyl halides is 3. The Labute approximate surface area is 234 Å². The van der Waals surface area contributed by atoms with Gasteiger partial charge in [-0.05, 0) is 53.6 Å². The molecule has 5 aromatic rings. The van der Waals surface area contributed by atoms with Gasteiger partial charge < -0.3 is 20.3 Å². The summed E-state index contributed by atoms with van der Waals surface area (Å²) in [4.78, 5) is 14.0. The molecule has 4 N–H and O–H groups in total. The molecule has 0 saturated heterocycles. The Hall–Kier alpha value is -5.34. The average molecular weight is 577 g/mol. The number of benzene rings is 4. The third-order valence-corrected chi connectivity index (χ3v) is 6.63. The second kappa shape index (κ2) is 10.3. The molecule has 1 heterocycles. The number of carboxylic acids is 1. The predicted molar refractivity (Wildman–Crippen MR) is 145 cm³/mol. The average Bonchev–Trinajstić information content (AvgIpc) is 3.26. The van der Waals surface area contributed by atoms with Crippen molar-refractivity contribution in [3.63, 3.8) is 0 Å². The first kappa shape index (κ1) is 27.2. The van der Waals surface area contributed by atoms with Crippen molar-refractivity contribution in [1.29, 1.82) is 5.26 Å². The highest BCUT2D eigenvalue weighted by Crippen LogP contribution is 2.45. The number of fused-ring (bicyclic) bond motifs is 1. The summed E-state index contributed by atoms with van der Waals surface area (Å²) >= 11 is 5.77. The number of carboxylic acid groups (broad SMARTS) is 1. The summed E-state index contributed by atoms with van der Waals surface area (Å²) in [5.74, 6) is -1.91. The minimum absolute atomic E-state index is 0.00151. The molecule has 0 spiro atoms. The number of azo groups is 1. The summed E-state index contributed by atoms with van der Waals surface area (Å²) in [7, 11) is 0. The third-order valence-electron chi connectivity index (χ3n) is 6.30. The zero-order valence-electron chi connectivity index (χ0n) is 20.5. The Kier molecular flexibility index (Phi) is 6.86. The summed E-state index contributed by atoms with van der Waals surface area (Å²) in [6.45, 7) is 0. The molecule has 12 heteroatoms. The van der Waals surface area contributed by atoms with Gasteiger partial charge in [-0.3, -0.25) is 0 Å². The topological polar surface area (TPSA) is 142 Å². The van der Waals surface area contributed by atoms with E-state index in [-0.39, 0.29) is 55.8 Å². The molecule has 0 unspecified atom stereocenters. The van der Waals surface area contributed by atoms with Crippen LogP contribution < -0.4 is 0 Å². The molecule has 0 saturated carbocycles. The minimum atomic E-state index is -4.74. The number of carbonyl (C=O) groups is 1. The lowest BCUT2D eigenvalue weighted by atomic mass is 9.96. The first-order valence-electron chi connectivity index (χ1n) is 11.7. The number of nitrogens with zero attached hydrogens (tertiary/aromatic N) is 3. The maximum atomic E-state index is 13.5. The highest BCUT2D eigenvalue weighted by atomic mass is 35.5. The van der Waals surface area contributed by atoms with Crippen LogP contribution in [0.1, 0.15) is 21.5 Å². The first-order chi connectivity index (χ1) is 19.5. The Balaban J connectivity index is 1.61. The van der Waals surface area contributed by atoms with Crippen LogP contribution in [-0.2, 0) is 6.18 Å². The van der Waals surface area contributed by atoms with Crippen molar-refractivity contribution in [2.45, 2.75) is 6.18 Å². The van der Waals surface area contributed by atoms with Crippen LogP contribution in [0.3, 0.4) is 0 Å². The van der Waals surface area contributed by atoms with Crippen LogP contribution in [0.15, 0.2) is 83.0 Å². The Morgan fingerprint density at radius 2 is 1.71 bits per heavy atom. The van der Waals surface area contributed by atoms with Crippen molar-refractivity contribution in [3.8, 4) is 40.0 Å². The summed E-state index contributed by atoms with van der Waals surface area (Å²) in [5, 5.41) is 48.3. The SMILES string of the molecule is N#Cc1ccc2c(N=Nc3cccc(-c4cccc(C(=O)O)c4)c3O)c(O)[nH]c2c1-c1ccc(Cl)c(C(F)(F)F)c1. The summed E-state index contributed by atoms with van der Waals surface area (Å²) in [6.07, 6.45) is -4.74. The number of nitriles is 1. The van der Waals surface area contributed by atoms with Crippen molar-refractivity contribution >= 4 is 39.8 Å². The maximum Gasteiger partial charge on any atom is 0.417 e. The van der Waals surface area contributed by atoms with E-state index >= 15 is 0 Å². The number of aromatic nitrogens is 1. The molecule has 0 atom stereocenters. The van der Waals surface area contributed by atoms with Gasteiger partial charge in [0.05, 0.1) is 33.3 Å². The van der Waals surface area contributed by atoms with Crippen LogP contribution in [0, 0.1) is 11.3 Å². The number of phenols is 1. The van der Waals surface area contributed by atoms with E-state index in [9.17, 15) is 38.5 Å². The van der Waals surface area contributed by atoms with Gasteiger partial charge in [-0.15, -0.1) is 10.2 Å². The number of halogens is 4. The fraction of sp³-hybridized carbons (Fsp3) is 0.0345. The number of aromatic carboxylic acids is 1. The van der Waals surface area contributed by atoms with E-state index in [0.29, 0.717) is 5.56 Å². The van der Waals surface area contributed by atoms with Crippen LogP contribution in [0.5, 0.6) is 11.6 Å². The molecule has 4 aromatic carbocycles. The van der Waals surface area contributed by atoms with Gasteiger partial charge in [-0.2, -0.15) is 18.4 Å². The molecule has 5 rings (SSSR count). The number of aromatic hydroxyl groups is 2. The first-order valence-corrected chi connectivity index (χ1v) is 12.1. The fourth-order valence-corrected chi connectivity index (χ4v) is 4.62. The Bertz CT molecular complexity index is 1930.